The van der Waals surface area contributed by atoms with Gasteiger partial charge < -0.3 is 19.9 Å². The number of ether oxygens (including phenoxy) is 1. The number of likely N-dealkylation sites (N-methyl/N-ethyl adjacent to an activating group) is 1. The van der Waals surface area contributed by atoms with Gasteiger partial charge in [-0.25, -0.2) is 4.39 Å². The zero-order chi connectivity index (χ0) is 28.3. The second kappa shape index (κ2) is 12.1. The van der Waals surface area contributed by atoms with E-state index < -0.39 is 0 Å². The highest BCUT2D eigenvalue weighted by Crippen LogP contribution is 2.28. The highest BCUT2D eigenvalue weighted by molar-refractivity contribution is 6.14. The molecule has 0 unspecified atom stereocenters. The largest absolute Gasteiger partial charge is 0.381 e. The van der Waals surface area contributed by atoms with E-state index in [1.165, 1.54) is 5.69 Å². The van der Waals surface area contributed by atoms with Crippen LogP contribution in [-0.4, -0.2) is 63.1 Å². The molecular weight excluding hydrogens is 515 g/mol. The van der Waals surface area contributed by atoms with Crippen molar-refractivity contribution < 1.29 is 13.9 Å². The number of rotatable bonds is 6. The molecule has 1 N–H and O–H groups in total. The first kappa shape index (κ1) is 27.6. The highest BCUT2D eigenvalue weighted by Gasteiger charge is 2.24. The summed E-state index contributed by atoms with van der Waals surface area (Å²) in [5.74, 6) is 0.791. The molecule has 0 radical (unpaired) electrons. The Balaban J connectivity index is 1.22. The molecule has 41 heavy (non-hydrogen) atoms. The number of amides is 1. The molecule has 6 nitrogen and oxygen atoms in total. The zero-order valence-corrected chi connectivity index (χ0v) is 24.1. The summed E-state index contributed by atoms with van der Waals surface area (Å²) in [6.07, 6.45) is 3.53. The van der Waals surface area contributed by atoms with Gasteiger partial charge in [-0.05, 0) is 110 Å². The van der Waals surface area contributed by atoms with Gasteiger partial charge >= 0.3 is 0 Å². The first-order valence-corrected chi connectivity index (χ1v) is 14.8. The number of hydrogen-bond acceptors (Lipinski definition) is 5. The number of carbonyl (C=O) groups excluding carboxylic acids is 1. The number of nitrogens with one attached hydrogen (secondary N) is 1. The van der Waals surface area contributed by atoms with E-state index in [0.29, 0.717) is 24.7 Å². The summed E-state index contributed by atoms with van der Waals surface area (Å²) in [5.41, 5.74) is 7.95. The Kier molecular flexibility index (Phi) is 8.17. The first-order valence-electron chi connectivity index (χ1n) is 14.8. The standard InChI is InChI=1S/C34H39FN4O2/c1-23-15-26(19-29(35)16-23)17-25-3-4-27-22-36-33(32(27)20-25)37-34(40)31-6-5-30(39-11-9-38(2)10-12-39)21-28(31)18-24-7-13-41-14-8-24/h3-6,15-16,19-21,24H,7-14,17-18,22H2,1-2H3,(H,36,37,40). The zero-order valence-electron chi connectivity index (χ0n) is 24.1. The van der Waals surface area contributed by atoms with Crippen molar-refractivity contribution in [1.82, 2.24) is 10.2 Å². The molecule has 3 aliphatic heterocycles. The number of aryl methyl sites for hydroxylation is 1. The maximum absolute atomic E-state index is 14.0. The van der Waals surface area contributed by atoms with Crippen LogP contribution in [0.4, 0.5) is 10.1 Å². The van der Waals surface area contributed by atoms with Crippen molar-refractivity contribution >= 4 is 17.4 Å². The van der Waals surface area contributed by atoms with E-state index >= 15 is 0 Å². The van der Waals surface area contributed by atoms with Gasteiger partial charge in [-0.2, -0.15) is 0 Å². The maximum atomic E-state index is 14.0. The molecule has 0 aliphatic carbocycles. The number of hydrogen-bond donors (Lipinski definition) is 1. The van der Waals surface area contributed by atoms with Gasteiger partial charge in [-0.3, -0.25) is 9.79 Å². The van der Waals surface area contributed by atoms with Crippen LogP contribution in [0.5, 0.6) is 0 Å². The Bertz CT molecular complexity index is 1430. The summed E-state index contributed by atoms with van der Waals surface area (Å²) < 4.78 is 19.6. The molecule has 7 heteroatoms. The molecule has 0 spiro atoms. The van der Waals surface area contributed by atoms with E-state index in [0.717, 1.165) is 97.6 Å². The molecule has 0 saturated carbocycles. The number of amidine groups is 1. The summed E-state index contributed by atoms with van der Waals surface area (Å²) >= 11 is 0. The SMILES string of the molecule is Cc1cc(F)cc(Cc2ccc3c(c2)C(NC(=O)c2ccc(N4CCN(C)CC4)cc2CC2CCOCC2)=NC3)c1. The number of benzene rings is 3. The second-order valence-electron chi connectivity index (χ2n) is 11.8. The fourth-order valence-electron chi connectivity index (χ4n) is 6.27. The molecule has 0 aromatic heterocycles. The summed E-state index contributed by atoms with van der Waals surface area (Å²) in [6.45, 7) is 8.08. The van der Waals surface area contributed by atoms with Crippen LogP contribution in [0.25, 0.3) is 0 Å². The average Bonchev–Trinajstić information content (AvgIpc) is 3.35. The molecule has 6 rings (SSSR count). The van der Waals surface area contributed by atoms with Crippen LogP contribution in [0.2, 0.25) is 0 Å². The third-order valence-corrected chi connectivity index (χ3v) is 8.63. The highest BCUT2D eigenvalue weighted by atomic mass is 19.1. The second-order valence-corrected chi connectivity index (χ2v) is 11.8. The van der Waals surface area contributed by atoms with Gasteiger partial charge in [0.1, 0.15) is 11.7 Å². The predicted octanol–water partition coefficient (Wildman–Crippen LogP) is 5.14. The van der Waals surface area contributed by atoms with Crippen molar-refractivity contribution in [1.29, 1.82) is 0 Å². The maximum Gasteiger partial charge on any atom is 0.257 e. The summed E-state index contributed by atoms with van der Waals surface area (Å²) in [4.78, 5) is 23.2. The lowest BCUT2D eigenvalue weighted by molar-refractivity contribution is 0.0664. The van der Waals surface area contributed by atoms with Gasteiger partial charge in [0.15, 0.2) is 0 Å². The molecule has 3 aliphatic rings. The lowest BCUT2D eigenvalue weighted by Crippen LogP contribution is -2.44. The van der Waals surface area contributed by atoms with Crippen LogP contribution in [0, 0.1) is 18.7 Å². The Morgan fingerprint density at radius 2 is 1.80 bits per heavy atom. The van der Waals surface area contributed by atoms with E-state index in [1.807, 2.05) is 19.1 Å². The molecule has 0 bridgehead atoms. The molecule has 214 valence electrons. The molecule has 2 fully saturated rings. The van der Waals surface area contributed by atoms with Crippen molar-refractivity contribution in [2.75, 3.05) is 51.3 Å². The van der Waals surface area contributed by atoms with Gasteiger partial charge in [0.25, 0.3) is 5.91 Å². The third-order valence-electron chi connectivity index (χ3n) is 8.63. The van der Waals surface area contributed by atoms with Gasteiger partial charge in [0, 0.05) is 56.2 Å². The number of anilines is 1. The van der Waals surface area contributed by atoms with Gasteiger partial charge in [0.05, 0.1) is 6.54 Å². The Hall–Kier alpha value is -3.55. The van der Waals surface area contributed by atoms with Crippen molar-refractivity contribution in [2.45, 2.75) is 39.2 Å². The fraction of sp³-hybridized carbons (Fsp3) is 0.412. The molecular formula is C34H39FN4O2. The summed E-state index contributed by atoms with van der Waals surface area (Å²) in [7, 11) is 2.16. The molecule has 3 heterocycles. The average molecular weight is 555 g/mol. The minimum absolute atomic E-state index is 0.116. The minimum Gasteiger partial charge on any atom is -0.381 e. The number of halogens is 1. The predicted molar refractivity (Wildman–Crippen MR) is 161 cm³/mol. The molecule has 3 aromatic rings. The number of aliphatic imine (C=N–C) groups is 1. The van der Waals surface area contributed by atoms with Crippen molar-refractivity contribution in [3.8, 4) is 0 Å². The summed E-state index contributed by atoms with van der Waals surface area (Å²) in [6, 6.07) is 17.7. The number of nitrogens with zero attached hydrogens (tertiary/aromatic N) is 3. The van der Waals surface area contributed by atoms with Gasteiger partial charge in [-0.1, -0.05) is 18.2 Å². The van der Waals surface area contributed by atoms with E-state index in [-0.39, 0.29) is 11.7 Å². The van der Waals surface area contributed by atoms with Crippen LogP contribution < -0.4 is 10.2 Å². The van der Waals surface area contributed by atoms with E-state index in [2.05, 4.69) is 57.5 Å². The molecule has 2 saturated heterocycles. The first-order chi connectivity index (χ1) is 19.9. The fourth-order valence-corrected chi connectivity index (χ4v) is 6.27. The van der Waals surface area contributed by atoms with Crippen LogP contribution in [0.1, 0.15) is 56.6 Å². The smallest absolute Gasteiger partial charge is 0.257 e. The Labute approximate surface area is 242 Å². The number of piperazine rings is 1. The Morgan fingerprint density at radius 1 is 1.00 bits per heavy atom. The van der Waals surface area contributed by atoms with Crippen LogP contribution in [0.3, 0.4) is 0 Å². The van der Waals surface area contributed by atoms with Gasteiger partial charge in [0.2, 0.25) is 0 Å². The van der Waals surface area contributed by atoms with Crippen molar-refractivity contribution in [3.05, 3.63) is 99.4 Å². The quantitative estimate of drug-likeness (QED) is 0.459. The van der Waals surface area contributed by atoms with Gasteiger partial charge in [-0.15, -0.1) is 0 Å². The summed E-state index contributed by atoms with van der Waals surface area (Å²) in [5, 5.41) is 3.15. The topological polar surface area (TPSA) is 57.2 Å². The van der Waals surface area contributed by atoms with Crippen molar-refractivity contribution in [3.63, 3.8) is 0 Å². The van der Waals surface area contributed by atoms with E-state index in [4.69, 9.17) is 4.74 Å². The number of carbonyl (C=O) groups is 1. The third kappa shape index (κ3) is 6.52. The monoisotopic (exact) mass is 554 g/mol. The molecule has 1 amide bonds. The Morgan fingerprint density at radius 3 is 2.59 bits per heavy atom. The lowest BCUT2D eigenvalue weighted by Gasteiger charge is -2.34. The number of fused-ring (bicyclic) bond motifs is 1. The van der Waals surface area contributed by atoms with Crippen LogP contribution in [0.15, 0.2) is 59.6 Å². The minimum atomic E-state index is -0.217. The lowest BCUT2D eigenvalue weighted by atomic mass is 9.89. The normalized spacial score (nSPS) is 17.8. The van der Waals surface area contributed by atoms with Crippen molar-refractivity contribution in [2.24, 2.45) is 10.9 Å². The van der Waals surface area contributed by atoms with Crippen LogP contribution in [-0.2, 0) is 24.1 Å². The van der Waals surface area contributed by atoms with E-state index in [1.54, 1.807) is 12.1 Å². The molecule has 3 aromatic carbocycles. The van der Waals surface area contributed by atoms with Crippen LogP contribution >= 0.6 is 0 Å². The van der Waals surface area contributed by atoms with E-state index in [9.17, 15) is 9.18 Å². The molecule has 0 atom stereocenters.